The number of fused-ring (bicyclic) bond motifs is 4. The zero-order valence-corrected chi connectivity index (χ0v) is 23.3. The summed E-state index contributed by atoms with van der Waals surface area (Å²) in [5, 5.41) is 2.29. The summed E-state index contributed by atoms with van der Waals surface area (Å²) in [7, 11) is 0. The Morgan fingerprint density at radius 3 is 2.16 bits per heavy atom. The highest BCUT2D eigenvalue weighted by molar-refractivity contribution is 6.11. The van der Waals surface area contributed by atoms with Crippen molar-refractivity contribution in [2.45, 2.75) is 0 Å². The minimum absolute atomic E-state index is 0.597. The van der Waals surface area contributed by atoms with Crippen LogP contribution in [0, 0.1) is 0 Å². The first-order valence-electron chi connectivity index (χ1n) is 14.3. The molecule has 0 radical (unpaired) electrons. The van der Waals surface area contributed by atoms with Crippen molar-refractivity contribution in [3.05, 3.63) is 140 Å². The van der Waals surface area contributed by atoms with Crippen LogP contribution < -0.4 is 0 Å². The number of para-hydroxylation sites is 2. The number of nitrogens with zero attached hydrogens (tertiary/aromatic N) is 3. The van der Waals surface area contributed by atoms with Crippen molar-refractivity contribution in [1.29, 1.82) is 0 Å². The Balaban J connectivity index is 1.23. The summed E-state index contributed by atoms with van der Waals surface area (Å²) in [6.07, 6.45) is 8.77. The van der Waals surface area contributed by atoms with Gasteiger partial charge < -0.3 is 17.8 Å². The van der Waals surface area contributed by atoms with E-state index in [2.05, 4.69) is 77.4 Å². The van der Waals surface area contributed by atoms with Gasteiger partial charge in [-0.25, -0.2) is 4.98 Å². The van der Waals surface area contributed by atoms with Gasteiger partial charge in [-0.05, 0) is 72.3 Å². The molecule has 0 amide bonds. The predicted octanol–water partition coefficient (Wildman–Crippen LogP) is 10.2. The van der Waals surface area contributed by atoms with Crippen molar-refractivity contribution < 1.29 is 13.3 Å². The molecule has 208 valence electrons. The molecule has 0 bridgehead atoms. The summed E-state index contributed by atoms with van der Waals surface area (Å²) in [6, 6.07) is 37.4. The van der Waals surface area contributed by atoms with E-state index in [9.17, 15) is 0 Å². The molecule has 9 rings (SSSR count). The first-order valence-corrected chi connectivity index (χ1v) is 14.3. The zero-order valence-electron chi connectivity index (χ0n) is 23.3. The molecule has 0 aliphatic heterocycles. The number of rotatable bonds is 5. The van der Waals surface area contributed by atoms with Gasteiger partial charge in [-0.3, -0.25) is 4.98 Å². The molecule has 9 aromatic rings. The topological polar surface area (TPSA) is 70.1 Å². The third-order valence-electron chi connectivity index (χ3n) is 8.18. The van der Waals surface area contributed by atoms with Gasteiger partial charge >= 0.3 is 0 Å². The highest BCUT2D eigenvalue weighted by Crippen LogP contribution is 2.38. The van der Waals surface area contributed by atoms with Gasteiger partial charge in [0.1, 0.15) is 5.52 Å². The standard InChI is InChI=1S/C38H23N3O3/c1-2-7-37-34(6-1)40-38(44-37)26-8-11-31-32-19-24(28-14-16-42-22-28)10-13-35(32)41(36(31)20-26)30-5-3-4-25(18-30)33-12-9-27(21-39-33)29-15-17-43-23-29/h1-23H. The van der Waals surface area contributed by atoms with E-state index in [0.717, 1.165) is 77.7 Å². The Morgan fingerprint density at radius 1 is 0.545 bits per heavy atom. The second-order valence-electron chi connectivity index (χ2n) is 10.8. The average Bonchev–Trinajstić information content (AvgIpc) is 3.90. The number of furan rings is 2. The van der Waals surface area contributed by atoms with Crippen LogP contribution in [-0.2, 0) is 0 Å². The van der Waals surface area contributed by atoms with Crippen molar-refractivity contribution in [3.8, 4) is 50.7 Å². The van der Waals surface area contributed by atoms with Gasteiger partial charge in [-0.15, -0.1) is 0 Å². The maximum atomic E-state index is 6.16. The number of aromatic nitrogens is 3. The summed E-state index contributed by atoms with van der Waals surface area (Å²) >= 11 is 0. The lowest BCUT2D eigenvalue weighted by Crippen LogP contribution is -1.95. The fourth-order valence-corrected chi connectivity index (χ4v) is 6.00. The van der Waals surface area contributed by atoms with Crippen LogP contribution in [0.25, 0.3) is 83.6 Å². The SMILES string of the molecule is c1cc(-c2ccc(-c3ccoc3)cn2)cc(-n2c3ccc(-c4ccoc4)cc3c3ccc(-c4nc5ccccc5o4)cc32)c1. The molecule has 44 heavy (non-hydrogen) atoms. The molecule has 0 unspecified atom stereocenters. The summed E-state index contributed by atoms with van der Waals surface area (Å²) in [6.45, 7) is 0. The predicted molar refractivity (Wildman–Crippen MR) is 172 cm³/mol. The molecule has 5 aromatic heterocycles. The fraction of sp³-hybridized carbons (Fsp3) is 0. The summed E-state index contributed by atoms with van der Waals surface area (Å²) in [5.41, 5.74) is 11.8. The monoisotopic (exact) mass is 569 g/mol. The second-order valence-corrected chi connectivity index (χ2v) is 10.8. The van der Waals surface area contributed by atoms with Crippen molar-refractivity contribution in [2.24, 2.45) is 0 Å². The molecule has 0 fully saturated rings. The van der Waals surface area contributed by atoms with Crippen LogP contribution in [0.2, 0.25) is 0 Å². The first kappa shape index (κ1) is 24.5. The van der Waals surface area contributed by atoms with Gasteiger partial charge in [-0.2, -0.15) is 0 Å². The number of pyridine rings is 1. The maximum absolute atomic E-state index is 6.16. The van der Waals surface area contributed by atoms with Crippen molar-refractivity contribution in [1.82, 2.24) is 14.5 Å². The fourth-order valence-electron chi connectivity index (χ4n) is 6.00. The summed E-state index contributed by atoms with van der Waals surface area (Å²) in [4.78, 5) is 9.56. The largest absolute Gasteiger partial charge is 0.472 e. The van der Waals surface area contributed by atoms with E-state index >= 15 is 0 Å². The molecule has 6 heteroatoms. The van der Waals surface area contributed by atoms with E-state index in [4.69, 9.17) is 23.2 Å². The quantitative estimate of drug-likeness (QED) is 0.206. The minimum Gasteiger partial charge on any atom is -0.472 e. The zero-order chi connectivity index (χ0) is 29.0. The smallest absolute Gasteiger partial charge is 0.227 e. The summed E-state index contributed by atoms with van der Waals surface area (Å²) < 4.78 is 19.1. The van der Waals surface area contributed by atoms with Crippen LogP contribution in [0.5, 0.6) is 0 Å². The number of hydrogen-bond acceptors (Lipinski definition) is 5. The molecule has 0 spiro atoms. The molecular formula is C38H23N3O3. The van der Waals surface area contributed by atoms with E-state index in [-0.39, 0.29) is 0 Å². The molecule has 0 saturated heterocycles. The van der Waals surface area contributed by atoms with E-state index < -0.39 is 0 Å². The van der Waals surface area contributed by atoms with Crippen LogP contribution in [0.3, 0.4) is 0 Å². The Labute approximate surface area is 251 Å². The Hall–Kier alpha value is -6.14. The molecular weight excluding hydrogens is 546 g/mol. The third-order valence-corrected chi connectivity index (χ3v) is 8.18. The molecule has 0 aliphatic rings. The Kier molecular flexibility index (Phi) is 5.40. The van der Waals surface area contributed by atoms with Crippen LogP contribution in [0.4, 0.5) is 0 Å². The number of hydrogen-bond donors (Lipinski definition) is 0. The van der Waals surface area contributed by atoms with Crippen molar-refractivity contribution in [2.75, 3.05) is 0 Å². The lowest BCUT2D eigenvalue weighted by Gasteiger charge is -2.11. The lowest BCUT2D eigenvalue weighted by atomic mass is 10.0. The van der Waals surface area contributed by atoms with Gasteiger partial charge in [0.2, 0.25) is 5.89 Å². The molecule has 0 N–H and O–H groups in total. The first-order chi connectivity index (χ1) is 21.8. The van der Waals surface area contributed by atoms with E-state index in [1.54, 1.807) is 25.1 Å². The van der Waals surface area contributed by atoms with E-state index in [1.165, 1.54) is 0 Å². The van der Waals surface area contributed by atoms with Gasteiger partial charge in [0.25, 0.3) is 0 Å². The Morgan fingerprint density at radius 2 is 1.36 bits per heavy atom. The molecule has 4 aromatic carbocycles. The van der Waals surface area contributed by atoms with Crippen LogP contribution in [0.1, 0.15) is 0 Å². The number of benzene rings is 4. The molecule has 0 saturated carbocycles. The molecule has 5 heterocycles. The Bertz CT molecular complexity index is 2400. The summed E-state index contributed by atoms with van der Waals surface area (Å²) in [5.74, 6) is 0.597. The maximum Gasteiger partial charge on any atom is 0.227 e. The lowest BCUT2D eigenvalue weighted by molar-refractivity contribution is 0.568. The third kappa shape index (κ3) is 3.96. The average molecular weight is 570 g/mol. The van der Waals surface area contributed by atoms with Crippen LogP contribution >= 0.6 is 0 Å². The van der Waals surface area contributed by atoms with Gasteiger partial charge in [0, 0.05) is 50.5 Å². The molecule has 0 atom stereocenters. The van der Waals surface area contributed by atoms with Gasteiger partial charge in [-0.1, -0.05) is 42.5 Å². The van der Waals surface area contributed by atoms with Gasteiger partial charge in [0.05, 0.1) is 41.8 Å². The van der Waals surface area contributed by atoms with Crippen LogP contribution in [0.15, 0.2) is 154 Å². The van der Waals surface area contributed by atoms with E-state index in [1.807, 2.05) is 42.6 Å². The van der Waals surface area contributed by atoms with Gasteiger partial charge in [0.15, 0.2) is 5.58 Å². The van der Waals surface area contributed by atoms with Crippen molar-refractivity contribution >= 4 is 32.9 Å². The normalized spacial score (nSPS) is 11.6. The second kappa shape index (κ2) is 9.71. The highest BCUT2D eigenvalue weighted by Gasteiger charge is 2.17. The number of oxazole rings is 1. The molecule has 0 aliphatic carbocycles. The van der Waals surface area contributed by atoms with Crippen LogP contribution in [-0.4, -0.2) is 14.5 Å². The minimum atomic E-state index is 0.597. The van der Waals surface area contributed by atoms with Crippen molar-refractivity contribution in [3.63, 3.8) is 0 Å². The highest BCUT2D eigenvalue weighted by atomic mass is 16.3. The van der Waals surface area contributed by atoms with E-state index in [0.29, 0.717) is 5.89 Å². The molecule has 6 nitrogen and oxygen atoms in total.